The minimum atomic E-state index is -0.00415. The molecule has 0 spiro atoms. The van der Waals surface area contributed by atoms with Crippen molar-refractivity contribution in [1.29, 1.82) is 0 Å². The molecule has 0 bridgehead atoms. The lowest BCUT2D eigenvalue weighted by molar-refractivity contribution is 0.0641. The fourth-order valence-corrected chi connectivity index (χ4v) is 3.49. The van der Waals surface area contributed by atoms with E-state index in [2.05, 4.69) is 5.10 Å². The van der Waals surface area contributed by atoms with E-state index in [-0.39, 0.29) is 11.9 Å². The summed E-state index contributed by atoms with van der Waals surface area (Å²) in [6, 6.07) is 7.51. The first-order chi connectivity index (χ1) is 12.8. The van der Waals surface area contributed by atoms with Crippen LogP contribution < -0.4 is 9.47 Å². The number of hydrogen-bond donors (Lipinski definition) is 0. The van der Waals surface area contributed by atoms with Gasteiger partial charge in [0.05, 0.1) is 31.5 Å². The lowest BCUT2D eigenvalue weighted by Crippen LogP contribution is -2.41. The van der Waals surface area contributed by atoms with Gasteiger partial charge < -0.3 is 19.1 Å². The minimum Gasteiger partial charge on any atom is -0.490 e. The molecule has 0 saturated carbocycles. The third kappa shape index (κ3) is 3.26. The van der Waals surface area contributed by atoms with Crippen LogP contribution in [0.2, 0.25) is 0 Å². The Morgan fingerprint density at radius 3 is 2.96 bits per heavy atom. The van der Waals surface area contributed by atoms with Gasteiger partial charge in [0.2, 0.25) is 0 Å². The van der Waals surface area contributed by atoms with Crippen molar-refractivity contribution in [1.82, 2.24) is 14.7 Å². The molecule has 2 aliphatic rings. The van der Waals surface area contributed by atoms with Gasteiger partial charge in [-0.25, -0.2) is 0 Å². The van der Waals surface area contributed by atoms with E-state index in [4.69, 9.17) is 14.2 Å². The molecule has 138 valence electrons. The van der Waals surface area contributed by atoms with Gasteiger partial charge in [0.25, 0.3) is 5.91 Å². The maximum atomic E-state index is 13.1. The molecule has 26 heavy (non-hydrogen) atoms. The van der Waals surface area contributed by atoms with Crippen molar-refractivity contribution in [3.63, 3.8) is 0 Å². The maximum Gasteiger partial charge on any atom is 0.254 e. The Balaban J connectivity index is 1.56. The third-order valence-corrected chi connectivity index (χ3v) is 4.82. The van der Waals surface area contributed by atoms with E-state index in [0.717, 1.165) is 18.5 Å². The van der Waals surface area contributed by atoms with Crippen molar-refractivity contribution in [3.05, 3.63) is 41.7 Å². The molecule has 2 aromatic rings. The van der Waals surface area contributed by atoms with Crippen LogP contribution in [0.1, 0.15) is 34.9 Å². The molecule has 1 atom stereocenters. The predicted molar refractivity (Wildman–Crippen MR) is 94.5 cm³/mol. The first-order valence-electron chi connectivity index (χ1n) is 8.96. The molecule has 1 unspecified atom stereocenters. The quantitative estimate of drug-likeness (QED) is 0.840. The van der Waals surface area contributed by atoms with E-state index in [1.807, 2.05) is 27.8 Å². The topological polar surface area (TPSA) is 65.8 Å². The number of methoxy groups -OCH3 is 1. The number of ether oxygens (including phenoxy) is 3. The largest absolute Gasteiger partial charge is 0.490 e. The second-order valence-electron chi connectivity index (χ2n) is 6.60. The Bertz CT molecular complexity index is 789. The zero-order valence-electron chi connectivity index (χ0n) is 14.9. The second kappa shape index (κ2) is 7.37. The van der Waals surface area contributed by atoms with E-state index in [1.54, 1.807) is 19.4 Å². The fraction of sp³-hybridized carbons (Fsp3) is 0.474. The van der Waals surface area contributed by atoms with E-state index >= 15 is 0 Å². The molecule has 4 rings (SSSR count). The highest BCUT2D eigenvalue weighted by Gasteiger charge is 2.29. The Morgan fingerprint density at radius 2 is 2.12 bits per heavy atom. The van der Waals surface area contributed by atoms with Gasteiger partial charge in [-0.05, 0) is 30.7 Å². The Hall–Kier alpha value is -2.54. The first kappa shape index (κ1) is 16.9. The standard InChI is InChI=1S/C19H23N3O4/c1-24-10-6-16-13-21(12-15-5-7-20-22(15)16)19(23)14-3-4-17-18(11-14)26-9-2-8-25-17/h3-5,7,11,16H,2,6,8-10,12-13H2,1H3. The summed E-state index contributed by atoms with van der Waals surface area (Å²) >= 11 is 0. The van der Waals surface area contributed by atoms with Crippen LogP contribution in [-0.4, -0.2) is 54.1 Å². The lowest BCUT2D eigenvalue weighted by Gasteiger charge is -2.34. The summed E-state index contributed by atoms with van der Waals surface area (Å²) in [5.41, 5.74) is 1.66. The molecule has 0 N–H and O–H groups in total. The van der Waals surface area contributed by atoms with Gasteiger partial charge in [-0.3, -0.25) is 9.48 Å². The number of nitrogens with zero attached hydrogens (tertiary/aromatic N) is 3. The highest BCUT2D eigenvalue weighted by atomic mass is 16.5. The SMILES string of the molecule is COCCC1CN(C(=O)c2ccc3c(c2)OCCCO3)Cc2ccnn21. The summed E-state index contributed by atoms with van der Waals surface area (Å²) < 4.78 is 18.6. The van der Waals surface area contributed by atoms with Crippen molar-refractivity contribution in [3.8, 4) is 11.5 Å². The van der Waals surface area contributed by atoms with Gasteiger partial charge in [-0.15, -0.1) is 0 Å². The third-order valence-electron chi connectivity index (χ3n) is 4.82. The number of aromatic nitrogens is 2. The van der Waals surface area contributed by atoms with Gasteiger partial charge in [0.1, 0.15) is 0 Å². The number of rotatable bonds is 4. The number of carbonyl (C=O) groups excluding carboxylic acids is 1. The number of fused-ring (bicyclic) bond motifs is 2. The molecular formula is C19H23N3O4. The first-order valence-corrected chi connectivity index (χ1v) is 8.96. The minimum absolute atomic E-state index is 0.00415. The molecule has 1 aromatic heterocycles. The van der Waals surface area contributed by atoms with E-state index in [1.165, 1.54) is 0 Å². The Labute approximate surface area is 152 Å². The molecule has 1 aromatic carbocycles. The monoisotopic (exact) mass is 357 g/mol. The van der Waals surface area contributed by atoms with E-state index in [9.17, 15) is 4.79 Å². The Morgan fingerprint density at radius 1 is 1.27 bits per heavy atom. The zero-order valence-corrected chi connectivity index (χ0v) is 14.9. The highest BCUT2D eigenvalue weighted by molar-refractivity contribution is 5.95. The van der Waals surface area contributed by atoms with Crippen molar-refractivity contribution in [2.75, 3.05) is 33.5 Å². The van der Waals surface area contributed by atoms with Gasteiger partial charge in [0.15, 0.2) is 11.5 Å². The number of hydrogen-bond acceptors (Lipinski definition) is 5. The molecular weight excluding hydrogens is 334 g/mol. The number of amides is 1. The van der Waals surface area contributed by atoms with Crippen molar-refractivity contribution < 1.29 is 19.0 Å². The summed E-state index contributed by atoms with van der Waals surface area (Å²) in [6.45, 7) is 3.04. The van der Waals surface area contributed by atoms with E-state index in [0.29, 0.717) is 50.0 Å². The highest BCUT2D eigenvalue weighted by Crippen LogP contribution is 2.32. The molecule has 1 amide bonds. The summed E-state index contributed by atoms with van der Waals surface area (Å²) in [5.74, 6) is 1.34. The number of carbonyl (C=O) groups is 1. The predicted octanol–water partition coefficient (Wildman–Crippen LogP) is 2.28. The van der Waals surface area contributed by atoms with Crippen LogP contribution in [0.25, 0.3) is 0 Å². The average molecular weight is 357 g/mol. The van der Waals surface area contributed by atoms with Gasteiger partial charge in [-0.1, -0.05) is 0 Å². The van der Waals surface area contributed by atoms with Crippen LogP contribution in [-0.2, 0) is 11.3 Å². The zero-order chi connectivity index (χ0) is 17.9. The molecule has 3 heterocycles. The van der Waals surface area contributed by atoms with Crippen LogP contribution >= 0.6 is 0 Å². The van der Waals surface area contributed by atoms with Crippen LogP contribution in [0.4, 0.5) is 0 Å². The summed E-state index contributed by atoms with van der Waals surface area (Å²) in [4.78, 5) is 15.0. The molecule has 7 nitrogen and oxygen atoms in total. The van der Waals surface area contributed by atoms with Crippen LogP contribution in [0.5, 0.6) is 11.5 Å². The molecule has 2 aliphatic heterocycles. The maximum absolute atomic E-state index is 13.1. The van der Waals surface area contributed by atoms with E-state index < -0.39 is 0 Å². The summed E-state index contributed by atoms with van der Waals surface area (Å²) in [5, 5.41) is 4.41. The number of benzene rings is 1. The van der Waals surface area contributed by atoms with Gasteiger partial charge in [0, 0.05) is 38.4 Å². The van der Waals surface area contributed by atoms with Crippen molar-refractivity contribution in [2.24, 2.45) is 0 Å². The smallest absolute Gasteiger partial charge is 0.254 e. The second-order valence-corrected chi connectivity index (χ2v) is 6.60. The van der Waals surface area contributed by atoms with Crippen LogP contribution in [0.15, 0.2) is 30.5 Å². The van der Waals surface area contributed by atoms with Crippen LogP contribution in [0, 0.1) is 0 Å². The van der Waals surface area contributed by atoms with Crippen molar-refractivity contribution in [2.45, 2.75) is 25.4 Å². The molecule has 0 fully saturated rings. The normalized spacial score (nSPS) is 19.0. The van der Waals surface area contributed by atoms with Crippen molar-refractivity contribution >= 4 is 5.91 Å². The molecule has 0 saturated heterocycles. The molecule has 0 aliphatic carbocycles. The molecule has 7 heteroatoms. The average Bonchev–Trinajstić information content (AvgIpc) is 3.02. The lowest BCUT2D eigenvalue weighted by atomic mass is 10.1. The van der Waals surface area contributed by atoms with Crippen LogP contribution in [0.3, 0.4) is 0 Å². The van der Waals surface area contributed by atoms with Gasteiger partial charge >= 0.3 is 0 Å². The molecule has 0 radical (unpaired) electrons. The summed E-state index contributed by atoms with van der Waals surface area (Å²) in [6.07, 6.45) is 3.45. The Kier molecular flexibility index (Phi) is 4.79. The van der Waals surface area contributed by atoms with Gasteiger partial charge in [-0.2, -0.15) is 5.10 Å². The fourth-order valence-electron chi connectivity index (χ4n) is 3.49. The summed E-state index contributed by atoms with van der Waals surface area (Å²) in [7, 11) is 1.69.